The average Bonchev–Trinajstić information content (AvgIpc) is 3.37. The van der Waals surface area contributed by atoms with E-state index >= 15 is 0 Å². The lowest BCUT2D eigenvalue weighted by Gasteiger charge is -2.42. The Balaban J connectivity index is 1.39. The highest BCUT2D eigenvalue weighted by Gasteiger charge is 2.61. The second kappa shape index (κ2) is 6.12. The highest BCUT2D eigenvalue weighted by molar-refractivity contribution is 5.96. The number of phenolic OH excluding ortho intramolecular Hbond substituents is 1. The third-order valence-corrected chi connectivity index (χ3v) is 6.19. The Morgan fingerprint density at radius 2 is 2.15 bits per heavy atom. The SMILES string of the molecule is O=C(c1cc(O)cc(OCC2CC2)c1)N1CC[C@@]23OCCCN2C(=O)C[C@@H]13. The number of carbonyl (C=O) groups is 2. The predicted octanol–water partition coefficient (Wildman–Crippen LogP) is 1.74. The quantitative estimate of drug-likeness (QED) is 0.871. The molecule has 4 fully saturated rings. The molecule has 5 rings (SSSR count). The lowest BCUT2D eigenvalue weighted by Crippen LogP contribution is -2.56. The second-order valence-electron chi connectivity index (χ2n) is 8.03. The number of rotatable bonds is 4. The largest absolute Gasteiger partial charge is 0.508 e. The molecule has 4 aliphatic rings. The molecule has 1 aromatic rings. The van der Waals surface area contributed by atoms with E-state index in [0.29, 0.717) is 56.4 Å². The summed E-state index contributed by atoms with van der Waals surface area (Å²) in [5.41, 5.74) is -0.271. The van der Waals surface area contributed by atoms with Crippen molar-refractivity contribution in [3.63, 3.8) is 0 Å². The number of hydrogen-bond acceptors (Lipinski definition) is 5. The molecular formula is C20H24N2O5. The van der Waals surface area contributed by atoms with Crippen molar-refractivity contribution in [2.24, 2.45) is 5.92 Å². The first kappa shape index (κ1) is 16.9. The summed E-state index contributed by atoms with van der Waals surface area (Å²) in [5, 5.41) is 10.0. The van der Waals surface area contributed by atoms with Crippen molar-refractivity contribution in [3.8, 4) is 11.5 Å². The molecule has 1 aromatic carbocycles. The van der Waals surface area contributed by atoms with Crippen molar-refractivity contribution >= 4 is 11.8 Å². The first-order valence-electron chi connectivity index (χ1n) is 9.79. The molecule has 144 valence electrons. The summed E-state index contributed by atoms with van der Waals surface area (Å²) in [4.78, 5) is 29.2. The van der Waals surface area contributed by atoms with Gasteiger partial charge in [-0.15, -0.1) is 0 Å². The summed E-state index contributed by atoms with van der Waals surface area (Å²) < 4.78 is 11.8. The van der Waals surface area contributed by atoms with Crippen LogP contribution in [-0.2, 0) is 9.53 Å². The van der Waals surface area contributed by atoms with Gasteiger partial charge in [0.1, 0.15) is 11.5 Å². The van der Waals surface area contributed by atoms with Crippen LogP contribution in [0.3, 0.4) is 0 Å². The van der Waals surface area contributed by atoms with Gasteiger partial charge in [0.05, 0.1) is 25.7 Å². The second-order valence-corrected chi connectivity index (χ2v) is 8.03. The number of carbonyl (C=O) groups excluding carboxylic acids is 2. The number of phenols is 1. The summed E-state index contributed by atoms with van der Waals surface area (Å²) >= 11 is 0. The Morgan fingerprint density at radius 1 is 1.30 bits per heavy atom. The molecule has 1 aliphatic carbocycles. The normalized spacial score (nSPS) is 29.6. The van der Waals surface area contributed by atoms with E-state index < -0.39 is 5.72 Å². The summed E-state index contributed by atoms with van der Waals surface area (Å²) in [6, 6.07) is 4.42. The molecule has 1 spiro atoms. The van der Waals surface area contributed by atoms with Crippen molar-refractivity contribution in [1.82, 2.24) is 9.80 Å². The summed E-state index contributed by atoms with van der Waals surface area (Å²) in [7, 11) is 0. The van der Waals surface area contributed by atoms with Crippen molar-refractivity contribution in [1.29, 1.82) is 0 Å². The zero-order valence-corrected chi connectivity index (χ0v) is 15.2. The van der Waals surface area contributed by atoms with Crippen LogP contribution in [0.15, 0.2) is 18.2 Å². The van der Waals surface area contributed by atoms with Gasteiger partial charge in [0, 0.05) is 31.1 Å². The van der Waals surface area contributed by atoms with Gasteiger partial charge < -0.3 is 24.4 Å². The minimum atomic E-state index is -0.660. The van der Waals surface area contributed by atoms with Crippen molar-refractivity contribution in [3.05, 3.63) is 23.8 Å². The van der Waals surface area contributed by atoms with Crippen LogP contribution < -0.4 is 4.74 Å². The average molecular weight is 372 g/mol. The smallest absolute Gasteiger partial charge is 0.254 e. The van der Waals surface area contributed by atoms with E-state index in [-0.39, 0.29) is 23.6 Å². The van der Waals surface area contributed by atoms with Gasteiger partial charge in [-0.25, -0.2) is 0 Å². The maximum Gasteiger partial charge on any atom is 0.254 e. The molecule has 27 heavy (non-hydrogen) atoms. The maximum atomic E-state index is 13.2. The molecule has 2 atom stereocenters. The molecule has 0 bridgehead atoms. The van der Waals surface area contributed by atoms with Crippen LogP contribution in [0.2, 0.25) is 0 Å². The molecule has 7 nitrogen and oxygen atoms in total. The standard InChI is InChI=1S/C20H24N2O5/c23-15-8-14(9-16(10-15)26-12-13-2-3-13)19(25)21-6-4-20-17(21)11-18(24)22(20)5-1-7-27-20/h8-10,13,17,23H,1-7,11-12H2/t17-,20+/m1/s1. The van der Waals surface area contributed by atoms with E-state index in [1.807, 2.05) is 4.90 Å². The number of ether oxygens (including phenoxy) is 2. The van der Waals surface area contributed by atoms with E-state index in [9.17, 15) is 14.7 Å². The molecule has 3 heterocycles. The molecule has 0 aromatic heterocycles. The highest BCUT2D eigenvalue weighted by Crippen LogP contribution is 2.45. The number of amides is 2. The Hall–Kier alpha value is -2.28. The van der Waals surface area contributed by atoms with Gasteiger partial charge in [0.15, 0.2) is 5.72 Å². The van der Waals surface area contributed by atoms with Crippen LogP contribution in [0.25, 0.3) is 0 Å². The lowest BCUT2D eigenvalue weighted by atomic mass is 10.0. The number of nitrogens with zero attached hydrogens (tertiary/aromatic N) is 2. The summed E-state index contributed by atoms with van der Waals surface area (Å²) in [5.74, 6) is 0.981. The lowest BCUT2D eigenvalue weighted by molar-refractivity contribution is -0.179. The van der Waals surface area contributed by atoms with E-state index in [2.05, 4.69) is 0 Å². The van der Waals surface area contributed by atoms with Gasteiger partial charge in [-0.1, -0.05) is 0 Å². The van der Waals surface area contributed by atoms with Gasteiger partial charge in [-0.2, -0.15) is 0 Å². The Labute approximate surface area is 157 Å². The van der Waals surface area contributed by atoms with Gasteiger partial charge in [0.2, 0.25) is 5.91 Å². The van der Waals surface area contributed by atoms with Crippen LogP contribution >= 0.6 is 0 Å². The molecule has 1 N–H and O–H groups in total. The minimum Gasteiger partial charge on any atom is -0.508 e. The molecule has 7 heteroatoms. The highest BCUT2D eigenvalue weighted by atomic mass is 16.5. The van der Waals surface area contributed by atoms with Gasteiger partial charge in [-0.05, 0) is 37.3 Å². The molecule has 3 aliphatic heterocycles. The van der Waals surface area contributed by atoms with Crippen LogP contribution in [0.1, 0.15) is 42.5 Å². The molecule has 2 amide bonds. The topological polar surface area (TPSA) is 79.3 Å². The Kier molecular flexibility index (Phi) is 3.82. The Bertz CT molecular complexity index is 793. The molecule has 1 saturated carbocycles. The number of likely N-dealkylation sites (tertiary alicyclic amines) is 1. The minimum absolute atomic E-state index is 0.0126. The number of hydrogen-bond donors (Lipinski definition) is 1. The summed E-state index contributed by atoms with van der Waals surface area (Å²) in [6.07, 6.45) is 4.12. The van der Waals surface area contributed by atoms with Gasteiger partial charge >= 0.3 is 0 Å². The van der Waals surface area contributed by atoms with Gasteiger partial charge in [-0.3, -0.25) is 9.59 Å². The van der Waals surface area contributed by atoms with Crippen LogP contribution in [0.4, 0.5) is 0 Å². The third kappa shape index (κ3) is 2.76. The zero-order chi connectivity index (χ0) is 18.6. The van der Waals surface area contributed by atoms with Crippen LogP contribution in [0, 0.1) is 5.92 Å². The fourth-order valence-corrected chi connectivity index (χ4v) is 4.65. The third-order valence-electron chi connectivity index (χ3n) is 6.19. The van der Waals surface area contributed by atoms with E-state index in [4.69, 9.17) is 9.47 Å². The van der Waals surface area contributed by atoms with Crippen LogP contribution in [0.5, 0.6) is 11.5 Å². The fourth-order valence-electron chi connectivity index (χ4n) is 4.65. The first-order valence-corrected chi connectivity index (χ1v) is 9.79. The van der Waals surface area contributed by atoms with Crippen LogP contribution in [-0.4, -0.2) is 64.8 Å². The molecule has 3 saturated heterocycles. The zero-order valence-electron chi connectivity index (χ0n) is 15.2. The monoisotopic (exact) mass is 372 g/mol. The van der Waals surface area contributed by atoms with E-state index in [1.165, 1.54) is 25.0 Å². The first-order chi connectivity index (χ1) is 13.1. The summed E-state index contributed by atoms with van der Waals surface area (Å²) in [6.45, 7) is 2.47. The van der Waals surface area contributed by atoms with Crippen molar-refractivity contribution in [2.45, 2.75) is 43.9 Å². The maximum absolute atomic E-state index is 13.2. The van der Waals surface area contributed by atoms with Gasteiger partial charge in [0.25, 0.3) is 5.91 Å². The fraction of sp³-hybridized carbons (Fsp3) is 0.600. The molecule has 0 unspecified atom stereocenters. The molecule has 0 radical (unpaired) electrons. The number of benzene rings is 1. The van der Waals surface area contributed by atoms with Crippen molar-refractivity contribution in [2.75, 3.05) is 26.3 Å². The number of aromatic hydroxyl groups is 1. The molecular weight excluding hydrogens is 348 g/mol. The Morgan fingerprint density at radius 3 is 2.96 bits per heavy atom. The van der Waals surface area contributed by atoms with E-state index in [1.54, 1.807) is 11.0 Å². The predicted molar refractivity (Wildman–Crippen MR) is 95.4 cm³/mol. The van der Waals surface area contributed by atoms with Crippen molar-refractivity contribution < 1.29 is 24.2 Å². The van der Waals surface area contributed by atoms with E-state index in [0.717, 1.165) is 6.42 Å².